The van der Waals surface area contributed by atoms with E-state index in [1.165, 1.54) is 12.2 Å². The van der Waals surface area contributed by atoms with Crippen molar-refractivity contribution >= 4 is 23.2 Å². The van der Waals surface area contributed by atoms with Crippen molar-refractivity contribution in [2.24, 2.45) is 4.99 Å². The molecular formula is C14H12N2O2. The van der Waals surface area contributed by atoms with Crippen LogP contribution in [0.15, 0.2) is 59.1 Å². The van der Waals surface area contributed by atoms with Gasteiger partial charge in [-0.1, -0.05) is 18.2 Å². The summed E-state index contributed by atoms with van der Waals surface area (Å²) >= 11 is 0. The fourth-order valence-electron chi connectivity index (χ4n) is 1.54. The second-order valence-electron chi connectivity index (χ2n) is 3.86. The van der Waals surface area contributed by atoms with Crippen LogP contribution in [0.2, 0.25) is 0 Å². The highest BCUT2D eigenvalue weighted by Gasteiger charge is 2.09. The lowest BCUT2D eigenvalue weighted by atomic mass is 10.1. The molecule has 1 N–H and O–H groups in total. The fourth-order valence-corrected chi connectivity index (χ4v) is 1.54. The highest BCUT2D eigenvalue weighted by Crippen LogP contribution is 2.09. The molecule has 2 amide bonds. The molecule has 0 unspecified atom stereocenters. The van der Waals surface area contributed by atoms with E-state index in [1.807, 2.05) is 18.2 Å². The Morgan fingerprint density at radius 3 is 2.56 bits per heavy atom. The van der Waals surface area contributed by atoms with Gasteiger partial charge in [-0.2, -0.15) is 4.99 Å². The maximum atomic E-state index is 11.7. The molecule has 4 heteroatoms. The van der Waals surface area contributed by atoms with Gasteiger partial charge in [-0.15, -0.1) is 0 Å². The Morgan fingerprint density at radius 1 is 1.17 bits per heavy atom. The zero-order valence-electron chi connectivity index (χ0n) is 9.88. The number of carbonyl (C=O) groups is 2. The Balaban J connectivity index is 2.10. The molecular weight excluding hydrogens is 228 g/mol. The molecule has 0 spiro atoms. The van der Waals surface area contributed by atoms with Gasteiger partial charge < -0.3 is 5.32 Å². The quantitative estimate of drug-likeness (QED) is 0.767. The normalized spacial score (nSPS) is 16.6. The summed E-state index contributed by atoms with van der Waals surface area (Å²) in [6.07, 6.45) is 4.39. The van der Waals surface area contributed by atoms with Gasteiger partial charge in [0.25, 0.3) is 0 Å². The van der Waals surface area contributed by atoms with E-state index in [4.69, 9.17) is 0 Å². The van der Waals surface area contributed by atoms with Crippen LogP contribution in [0.5, 0.6) is 0 Å². The van der Waals surface area contributed by atoms with Crippen LogP contribution in [-0.2, 0) is 4.79 Å². The second-order valence-corrected chi connectivity index (χ2v) is 3.86. The van der Waals surface area contributed by atoms with Crippen molar-refractivity contribution in [1.29, 1.82) is 0 Å². The Labute approximate surface area is 105 Å². The molecule has 0 aromatic heterocycles. The lowest BCUT2D eigenvalue weighted by molar-refractivity contribution is -0.110. The van der Waals surface area contributed by atoms with Gasteiger partial charge in [-0.05, 0) is 42.9 Å². The summed E-state index contributed by atoms with van der Waals surface area (Å²) in [5.41, 5.74) is 1.87. The molecule has 0 fully saturated rings. The number of amides is 2. The highest BCUT2D eigenvalue weighted by molar-refractivity contribution is 6.22. The second kappa shape index (κ2) is 5.23. The van der Waals surface area contributed by atoms with Crippen LogP contribution >= 0.6 is 0 Å². The molecule has 1 aliphatic carbocycles. The molecule has 4 nitrogen and oxygen atoms in total. The van der Waals surface area contributed by atoms with Gasteiger partial charge in [-0.25, -0.2) is 4.79 Å². The SMILES string of the molecule is CC1=CC(=O)C=CC1=NC(=O)Nc1ccccc1. The van der Waals surface area contributed by atoms with Crippen molar-refractivity contribution in [2.45, 2.75) is 6.92 Å². The van der Waals surface area contributed by atoms with E-state index >= 15 is 0 Å². The van der Waals surface area contributed by atoms with Crippen molar-refractivity contribution in [2.75, 3.05) is 5.32 Å². The predicted molar refractivity (Wildman–Crippen MR) is 70.8 cm³/mol. The van der Waals surface area contributed by atoms with Gasteiger partial charge in [-0.3, -0.25) is 4.79 Å². The Kier molecular flexibility index (Phi) is 3.48. The van der Waals surface area contributed by atoms with Gasteiger partial charge in [0.15, 0.2) is 5.78 Å². The lowest BCUT2D eigenvalue weighted by Gasteiger charge is -2.06. The number of para-hydroxylation sites is 1. The molecule has 90 valence electrons. The van der Waals surface area contributed by atoms with Crippen molar-refractivity contribution < 1.29 is 9.59 Å². The van der Waals surface area contributed by atoms with Crippen LogP contribution in [-0.4, -0.2) is 17.5 Å². The van der Waals surface area contributed by atoms with E-state index in [0.717, 1.165) is 0 Å². The maximum Gasteiger partial charge on any atom is 0.345 e. The number of aliphatic imine (C=N–C) groups is 1. The number of carbonyl (C=O) groups excluding carboxylic acids is 2. The first-order valence-corrected chi connectivity index (χ1v) is 5.50. The van der Waals surface area contributed by atoms with E-state index in [9.17, 15) is 9.59 Å². The molecule has 1 aliphatic rings. The highest BCUT2D eigenvalue weighted by atomic mass is 16.2. The summed E-state index contributed by atoms with van der Waals surface area (Å²) in [7, 11) is 0. The summed E-state index contributed by atoms with van der Waals surface area (Å²) in [6, 6.07) is 8.62. The van der Waals surface area contributed by atoms with Gasteiger partial charge in [0, 0.05) is 5.69 Å². The van der Waals surface area contributed by atoms with Crippen LogP contribution in [0.1, 0.15) is 6.92 Å². The lowest BCUT2D eigenvalue weighted by Crippen LogP contribution is -2.12. The van der Waals surface area contributed by atoms with E-state index in [0.29, 0.717) is 17.0 Å². The smallest absolute Gasteiger partial charge is 0.306 e. The summed E-state index contributed by atoms with van der Waals surface area (Å²) in [6.45, 7) is 1.75. The molecule has 0 radical (unpaired) electrons. The number of ketones is 1. The molecule has 1 aromatic rings. The van der Waals surface area contributed by atoms with Crippen LogP contribution in [0, 0.1) is 0 Å². The van der Waals surface area contributed by atoms with Crippen molar-refractivity contribution in [3.05, 3.63) is 54.1 Å². The van der Waals surface area contributed by atoms with Crippen molar-refractivity contribution in [1.82, 2.24) is 0 Å². The Morgan fingerprint density at radius 2 is 1.89 bits per heavy atom. The van der Waals surface area contributed by atoms with E-state index in [2.05, 4.69) is 10.3 Å². The Hall–Kier alpha value is -2.49. The molecule has 1 aromatic carbocycles. The minimum Gasteiger partial charge on any atom is -0.306 e. The van der Waals surface area contributed by atoms with Gasteiger partial charge in [0.1, 0.15) is 0 Å². The van der Waals surface area contributed by atoms with Gasteiger partial charge >= 0.3 is 6.03 Å². The number of nitrogens with one attached hydrogen (secondary N) is 1. The van der Waals surface area contributed by atoms with E-state index in [1.54, 1.807) is 25.1 Å². The van der Waals surface area contributed by atoms with Crippen molar-refractivity contribution in [3.8, 4) is 0 Å². The van der Waals surface area contributed by atoms with Crippen LogP contribution < -0.4 is 5.32 Å². The first-order valence-electron chi connectivity index (χ1n) is 5.50. The minimum atomic E-state index is -0.456. The number of hydrogen-bond acceptors (Lipinski definition) is 2. The third-order valence-electron chi connectivity index (χ3n) is 2.42. The zero-order chi connectivity index (χ0) is 13.0. The average Bonchev–Trinajstić information content (AvgIpc) is 2.34. The summed E-state index contributed by atoms with van der Waals surface area (Å²) in [4.78, 5) is 26.6. The van der Waals surface area contributed by atoms with Crippen LogP contribution in [0.3, 0.4) is 0 Å². The van der Waals surface area contributed by atoms with Crippen molar-refractivity contribution in [3.63, 3.8) is 0 Å². The largest absolute Gasteiger partial charge is 0.345 e. The molecule has 0 atom stereocenters. The van der Waals surface area contributed by atoms with Gasteiger partial charge in [0.2, 0.25) is 0 Å². The number of rotatable bonds is 1. The molecule has 18 heavy (non-hydrogen) atoms. The summed E-state index contributed by atoms with van der Waals surface area (Å²) < 4.78 is 0. The topological polar surface area (TPSA) is 58.5 Å². The first-order chi connectivity index (χ1) is 8.65. The zero-order valence-corrected chi connectivity index (χ0v) is 9.88. The third kappa shape index (κ3) is 3.01. The third-order valence-corrected chi connectivity index (χ3v) is 2.42. The van der Waals surface area contributed by atoms with Gasteiger partial charge in [0.05, 0.1) is 5.71 Å². The molecule has 0 saturated carbocycles. The summed E-state index contributed by atoms with van der Waals surface area (Å²) in [5, 5.41) is 2.65. The standard InChI is InChI=1S/C14H12N2O2/c1-10-9-12(17)7-8-13(10)16-14(18)15-11-5-3-2-4-6-11/h2-9H,1H3,(H,15,18). The molecule has 2 rings (SSSR count). The van der Waals surface area contributed by atoms with Crippen LogP contribution in [0.4, 0.5) is 10.5 Å². The van der Waals surface area contributed by atoms with E-state index < -0.39 is 6.03 Å². The fraction of sp³-hybridized carbons (Fsp3) is 0.0714. The molecule has 0 aliphatic heterocycles. The molecule has 0 saturated heterocycles. The number of urea groups is 1. The molecule has 0 heterocycles. The number of anilines is 1. The first kappa shape index (κ1) is 12.0. The van der Waals surface area contributed by atoms with E-state index in [-0.39, 0.29) is 5.78 Å². The monoisotopic (exact) mass is 240 g/mol. The average molecular weight is 240 g/mol. The minimum absolute atomic E-state index is 0.0880. The Bertz CT molecular complexity index is 569. The summed E-state index contributed by atoms with van der Waals surface area (Å²) in [5.74, 6) is -0.0880. The predicted octanol–water partition coefficient (Wildman–Crippen LogP) is 2.74. The maximum absolute atomic E-state index is 11.7. The van der Waals surface area contributed by atoms with Crippen LogP contribution in [0.25, 0.3) is 0 Å². The number of hydrogen-bond donors (Lipinski definition) is 1. The molecule has 0 bridgehead atoms. The number of benzene rings is 1. The number of nitrogens with zero attached hydrogens (tertiary/aromatic N) is 1. The number of allylic oxidation sites excluding steroid dienone is 4.